The molecule has 3 heterocycles. The van der Waals surface area contributed by atoms with E-state index >= 15 is 0 Å². The molecular formula is C13H20N4O. The van der Waals surface area contributed by atoms with Gasteiger partial charge >= 0.3 is 0 Å². The Morgan fingerprint density at radius 2 is 2.22 bits per heavy atom. The third kappa shape index (κ3) is 2.41. The molecule has 0 bridgehead atoms. The summed E-state index contributed by atoms with van der Waals surface area (Å²) in [4.78, 5) is 16.5. The second kappa shape index (κ2) is 5.10. The summed E-state index contributed by atoms with van der Waals surface area (Å²) in [6, 6.07) is 0.362. The number of carbonyl (C=O) groups excluding carboxylic acids is 1. The Morgan fingerprint density at radius 1 is 1.39 bits per heavy atom. The highest BCUT2D eigenvalue weighted by Crippen LogP contribution is 2.19. The molecule has 1 amide bonds. The summed E-state index contributed by atoms with van der Waals surface area (Å²) < 4.78 is 2.15. The molecule has 1 unspecified atom stereocenters. The lowest BCUT2D eigenvalue weighted by Crippen LogP contribution is -2.46. The zero-order valence-corrected chi connectivity index (χ0v) is 10.6. The zero-order chi connectivity index (χ0) is 12.4. The van der Waals surface area contributed by atoms with Gasteiger partial charge in [0, 0.05) is 37.3 Å². The maximum atomic E-state index is 12.2. The van der Waals surface area contributed by atoms with Crippen LogP contribution in [-0.4, -0.2) is 34.6 Å². The van der Waals surface area contributed by atoms with Crippen LogP contribution in [0.15, 0.2) is 12.4 Å². The van der Waals surface area contributed by atoms with Gasteiger partial charge in [0.1, 0.15) is 5.82 Å². The fourth-order valence-electron chi connectivity index (χ4n) is 2.86. The van der Waals surface area contributed by atoms with Crippen LogP contribution in [0.2, 0.25) is 0 Å². The average Bonchev–Trinajstić information content (AvgIpc) is 2.87. The van der Waals surface area contributed by atoms with Crippen molar-refractivity contribution in [2.24, 2.45) is 5.92 Å². The minimum Gasteiger partial charge on any atom is -0.353 e. The van der Waals surface area contributed by atoms with Gasteiger partial charge in [-0.1, -0.05) is 0 Å². The normalized spacial score (nSPS) is 24.6. The van der Waals surface area contributed by atoms with Crippen molar-refractivity contribution in [2.45, 2.75) is 38.3 Å². The van der Waals surface area contributed by atoms with Crippen molar-refractivity contribution in [2.75, 3.05) is 13.1 Å². The lowest BCUT2D eigenvalue weighted by molar-refractivity contribution is -0.126. The monoisotopic (exact) mass is 248 g/mol. The van der Waals surface area contributed by atoms with Gasteiger partial charge in [0.25, 0.3) is 0 Å². The number of aryl methyl sites for hydroxylation is 1. The van der Waals surface area contributed by atoms with E-state index in [4.69, 9.17) is 0 Å². The van der Waals surface area contributed by atoms with E-state index in [1.165, 1.54) is 0 Å². The molecule has 0 aliphatic carbocycles. The number of amides is 1. The fraction of sp³-hybridized carbons (Fsp3) is 0.692. The zero-order valence-electron chi connectivity index (χ0n) is 10.6. The third-order valence-corrected chi connectivity index (χ3v) is 4.01. The standard InChI is InChI=1S/C13H20N4O/c18-13(16-11-1-4-14-5-2-11)10-3-7-17-8-6-15-12(17)9-10/h6,8,10-11,14H,1-5,7,9H2,(H,16,18). The van der Waals surface area contributed by atoms with Crippen molar-refractivity contribution < 1.29 is 4.79 Å². The van der Waals surface area contributed by atoms with Gasteiger partial charge in [0.15, 0.2) is 0 Å². The molecule has 5 nitrogen and oxygen atoms in total. The summed E-state index contributed by atoms with van der Waals surface area (Å²) in [5.41, 5.74) is 0. The Balaban J connectivity index is 1.57. The Morgan fingerprint density at radius 3 is 3.06 bits per heavy atom. The van der Waals surface area contributed by atoms with E-state index < -0.39 is 0 Å². The predicted octanol–water partition coefficient (Wildman–Crippen LogP) is 0.314. The van der Waals surface area contributed by atoms with Crippen LogP contribution in [0.3, 0.4) is 0 Å². The fourth-order valence-corrected chi connectivity index (χ4v) is 2.86. The first-order valence-corrected chi connectivity index (χ1v) is 6.84. The van der Waals surface area contributed by atoms with Crippen LogP contribution < -0.4 is 10.6 Å². The molecule has 98 valence electrons. The average molecular weight is 248 g/mol. The summed E-state index contributed by atoms with van der Waals surface area (Å²) >= 11 is 0. The van der Waals surface area contributed by atoms with Gasteiger partial charge in [0.05, 0.1) is 0 Å². The number of nitrogens with zero attached hydrogens (tertiary/aromatic N) is 2. The predicted molar refractivity (Wildman–Crippen MR) is 68.1 cm³/mol. The number of imidazole rings is 1. The van der Waals surface area contributed by atoms with Crippen molar-refractivity contribution >= 4 is 5.91 Å². The van der Waals surface area contributed by atoms with Gasteiger partial charge in [-0.2, -0.15) is 0 Å². The molecule has 1 aromatic rings. The van der Waals surface area contributed by atoms with Gasteiger partial charge in [-0.15, -0.1) is 0 Å². The highest BCUT2D eigenvalue weighted by Gasteiger charge is 2.27. The van der Waals surface area contributed by atoms with Crippen LogP contribution in [0.1, 0.15) is 25.1 Å². The molecule has 1 atom stereocenters. The number of hydrogen-bond donors (Lipinski definition) is 2. The summed E-state index contributed by atoms with van der Waals surface area (Å²) in [5.74, 6) is 1.37. The lowest BCUT2D eigenvalue weighted by atomic mass is 9.95. The Hall–Kier alpha value is -1.36. The molecule has 0 spiro atoms. The van der Waals surface area contributed by atoms with Crippen LogP contribution in [0, 0.1) is 5.92 Å². The van der Waals surface area contributed by atoms with E-state index in [0.29, 0.717) is 6.04 Å². The Bertz CT molecular complexity index is 422. The van der Waals surface area contributed by atoms with E-state index in [9.17, 15) is 4.79 Å². The second-order valence-electron chi connectivity index (χ2n) is 5.26. The topological polar surface area (TPSA) is 59.0 Å². The summed E-state index contributed by atoms with van der Waals surface area (Å²) in [5, 5.41) is 6.51. The molecular weight excluding hydrogens is 228 g/mol. The Labute approximate surface area is 107 Å². The second-order valence-corrected chi connectivity index (χ2v) is 5.26. The van der Waals surface area contributed by atoms with Crippen LogP contribution in [0.25, 0.3) is 0 Å². The minimum atomic E-state index is 0.106. The number of piperidine rings is 1. The van der Waals surface area contributed by atoms with Crippen LogP contribution in [0.5, 0.6) is 0 Å². The number of aromatic nitrogens is 2. The molecule has 2 N–H and O–H groups in total. The van der Waals surface area contributed by atoms with Gasteiger partial charge in [-0.3, -0.25) is 4.79 Å². The van der Waals surface area contributed by atoms with Crippen LogP contribution in [-0.2, 0) is 17.8 Å². The SMILES string of the molecule is O=C(NC1CCNCC1)C1CCn2ccnc2C1. The minimum absolute atomic E-state index is 0.106. The molecule has 0 saturated carbocycles. The number of fused-ring (bicyclic) bond motifs is 1. The van der Waals surface area contributed by atoms with E-state index in [1.807, 2.05) is 12.4 Å². The first kappa shape index (κ1) is 11.7. The van der Waals surface area contributed by atoms with E-state index in [1.54, 1.807) is 0 Å². The highest BCUT2D eigenvalue weighted by atomic mass is 16.1. The van der Waals surface area contributed by atoms with Crippen molar-refractivity contribution in [3.63, 3.8) is 0 Å². The summed E-state index contributed by atoms with van der Waals surface area (Å²) in [6.45, 7) is 2.94. The molecule has 0 radical (unpaired) electrons. The maximum absolute atomic E-state index is 12.2. The van der Waals surface area contributed by atoms with Gasteiger partial charge in [-0.05, 0) is 32.4 Å². The van der Waals surface area contributed by atoms with E-state index in [0.717, 1.165) is 51.1 Å². The third-order valence-electron chi connectivity index (χ3n) is 4.01. The van der Waals surface area contributed by atoms with E-state index in [2.05, 4.69) is 20.2 Å². The molecule has 1 saturated heterocycles. The molecule has 0 aromatic carbocycles. The highest BCUT2D eigenvalue weighted by molar-refractivity contribution is 5.79. The first-order valence-electron chi connectivity index (χ1n) is 6.84. The summed E-state index contributed by atoms with van der Waals surface area (Å²) in [6.07, 6.45) is 7.63. The van der Waals surface area contributed by atoms with Crippen molar-refractivity contribution in [3.05, 3.63) is 18.2 Å². The van der Waals surface area contributed by atoms with Crippen LogP contribution in [0.4, 0.5) is 0 Å². The molecule has 2 aliphatic rings. The molecule has 1 aromatic heterocycles. The lowest BCUT2D eigenvalue weighted by Gasteiger charge is -2.28. The maximum Gasteiger partial charge on any atom is 0.223 e. The smallest absolute Gasteiger partial charge is 0.223 e. The molecule has 1 fully saturated rings. The largest absolute Gasteiger partial charge is 0.353 e. The number of hydrogen-bond acceptors (Lipinski definition) is 3. The summed E-state index contributed by atoms with van der Waals surface area (Å²) in [7, 11) is 0. The van der Waals surface area contributed by atoms with Crippen molar-refractivity contribution in [3.8, 4) is 0 Å². The molecule has 3 rings (SSSR count). The van der Waals surface area contributed by atoms with Gasteiger partial charge < -0.3 is 15.2 Å². The van der Waals surface area contributed by atoms with E-state index in [-0.39, 0.29) is 11.8 Å². The Kier molecular flexibility index (Phi) is 3.32. The number of rotatable bonds is 2. The van der Waals surface area contributed by atoms with Gasteiger partial charge in [-0.25, -0.2) is 4.98 Å². The first-order chi connectivity index (χ1) is 8.83. The molecule has 2 aliphatic heterocycles. The number of carbonyl (C=O) groups is 1. The van der Waals surface area contributed by atoms with Crippen LogP contribution >= 0.6 is 0 Å². The van der Waals surface area contributed by atoms with Gasteiger partial charge in [0.2, 0.25) is 5.91 Å². The van der Waals surface area contributed by atoms with Crippen molar-refractivity contribution in [1.82, 2.24) is 20.2 Å². The number of nitrogens with one attached hydrogen (secondary N) is 2. The van der Waals surface area contributed by atoms with Crippen molar-refractivity contribution in [1.29, 1.82) is 0 Å². The molecule has 18 heavy (non-hydrogen) atoms. The quantitative estimate of drug-likeness (QED) is 0.792. The molecule has 5 heteroatoms.